The second kappa shape index (κ2) is 6.53. The predicted octanol–water partition coefficient (Wildman–Crippen LogP) is 0.702. The second-order valence-corrected chi connectivity index (χ2v) is 4.06. The molecule has 0 saturated carbocycles. The number of methoxy groups -OCH3 is 1. The van der Waals surface area contributed by atoms with Gasteiger partial charge in [-0.1, -0.05) is 21.5 Å². The lowest BCUT2D eigenvalue weighted by Gasteiger charge is -2.10. The molecule has 0 unspecified atom stereocenters. The van der Waals surface area contributed by atoms with Crippen LogP contribution in [-0.4, -0.2) is 40.2 Å². The monoisotopic (exact) mass is 307 g/mol. The Balaban J connectivity index is 2.30. The zero-order valence-corrected chi connectivity index (χ0v) is 11.7. The molecule has 0 spiro atoms. The molecule has 10 heteroatoms. The first-order valence-electron chi connectivity index (χ1n) is 5.61. The van der Waals surface area contributed by atoms with Gasteiger partial charge in [0, 0.05) is 5.56 Å². The van der Waals surface area contributed by atoms with Crippen LogP contribution in [0.1, 0.15) is 5.56 Å². The van der Waals surface area contributed by atoms with Gasteiger partial charge in [-0.25, -0.2) is 0 Å². The summed E-state index contributed by atoms with van der Waals surface area (Å²) in [5.74, 6) is 0.724. The first-order chi connectivity index (χ1) is 10.2. The maximum Gasteiger partial charge on any atom is 0.263 e. The van der Waals surface area contributed by atoms with Crippen molar-refractivity contribution >= 4 is 23.8 Å². The highest BCUT2D eigenvalue weighted by molar-refractivity contribution is 6.32. The van der Waals surface area contributed by atoms with E-state index in [-0.39, 0.29) is 17.6 Å². The Hall–Kier alpha value is -2.86. The van der Waals surface area contributed by atoms with Gasteiger partial charge < -0.3 is 15.2 Å². The van der Waals surface area contributed by atoms with E-state index in [0.717, 1.165) is 4.79 Å². The van der Waals surface area contributed by atoms with Crippen LogP contribution in [0.25, 0.3) is 0 Å². The normalized spacial score (nSPS) is 10.5. The van der Waals surface area contributed by atoms with E-state index in [4.69, 9.17) is 32.1 Å². The number of benzene rings is 1. The second-order valence-electron chi connectivity index (χ2n) is 3.65. The van der Waals surface area contributed by atoms with E-state index in [9.17, 15) is 0 Å². The number of rotatable bonds is 5. The Morgan fingerprint density at radius 1 is 1.57 bits per heavy atom. The fourth-order valence-electron chi connectivity index (χ4n) is 1.45. The van der Waals surface area contributed by atoms with Crippen LogP contribution in [0, 0.1) is 11.3 Å². The van der Waals surface area contributed by atoms with Crippen LogP contribution in [0.4, 0.5) is 5.95 Å². The topological polar surface area (TPSA) is 124 Å². The molecule has 0 radical (unpaired) electrons. The molecule has 1 aromatic heterocycles. The fourth-order valence-corrected chi connectivity index (χ4v) is 1.73. The molecule has 1 aromatic carbocycles. The van der Waals surface area contributed by atoms with Crippen LogP contribution in [0.15, 0.2) is 17.2 Å². The number of nitrogen functional groups attached to an aromatic ring is 1. The van der Waals surface area contributed by atoms with E-state index < -0.39 is 0 Å². The van der Waals surface area contributed by atoms with Crippen LogP contribution in [0.2, 0.25) is 5.02 Å². The van der Waals surface area contributed by atoms with Crippen LogP contribution in [-0.2, 0) is 0 Å². The minimum absolute atomic E-state index is 0.0540. The van der Waals surface area contributed by atoms with E-state index in [1.165, 1.54) is 13.3 Å². The van der Waals surface area contributed by atoms with Crippen LogP contribution in [0.5, 0.6) is 11.5 Å². The molecular formula is C11H10ClN7O2. The van der Waals surface area contributed by atoms with Crippen molar-refractivity contribution in [2.75, 3.05) is 19.5 Å². The summed E-state index contributed by atoms with van der Waals surface area (Å²) < 4.78 is 10.4. The molecule has 0 amide bonds. The van der Waals surface area contributed by atoms with Gasteiger partial charge in [0.2, 0.25) is 0 Å². The van der Waals surface area contributed by atoms with Gasteiger partial charge in [0.15, 0.2) is 18.1 Å². The molecule has 2 rings (SSSR count). The van der Waals surface area contributed by atoms with Crippen molar-refractivity contribution in [1.29, 1.82) is 5.26 Å². The number of hydrogen-bond acceptors (Lipinski definition) is 8. The quantitative estimate of drug-likeness (QED) is 0.806. The molecule has 2 N–H and O–H groups in total. The van der Waals surface area contributed by atoms with E-state index in [0.29, 0.717) is 17.1 Å². The van der Waals surface area contributed by atoms with Crippen molar-refractivity contribution in [2.24, 2.45) is 5.10 Å². The Kier molecular flexibility index (Phi) is 4.53. The molecule has 9 nitrogen and oxygen atoms in total. The lowest BCUT2D eigenvalue weighted by molar-refractivity contribution is 0.330. The lowest BCUT2D eigenvalue weighted by atomic mass is 10.2. The number of ether oxygens (including phenoxy) is 2. The Morgan fingerprint density at radius 2 is 2.38 bits per heavy atom. The van der Waals surface area contributed by atoms with Gasteiger partial charge in [-0.3, -0.25) is 0 Å². The van der Waals surface area contributed by atoms with Crippen molar-refractivity contribution in [2.45, 2.75) is 0 Å². The molecule has 0 saturated heterocycles. The third-order valence-electron chi connectivity index (χ3n) is 2.33. The number of nitriles is 1. The van der Waals surface area contributed by atoms with Crippen molar-refractivity contribution in [1.82, 2.24) is 20.3 Å². The number of aromatic nitrogens is 4. The average Bonchev–Trinajstić information content (AvgIpc) is 2.88. The molecule has 2 aromatic rings. The molecule has 108 valence electrons. The number of tetrazole rings is 1. The zero-order chi connectivity index (χ0) is 15.2. The molecular weight excluding hydrogens is 298 g/mol. The van der Waals surface area contributed by atoms with Crippen molar-refractivity contribution in [3.63, 3.8) is 0 Å². The van der Waals surface area contributed by atoms with Gasteiger partial charge in [-0.05, 0) is 22.6 Å². The van der Waals surface area contributed by atoms with E-state index in [2.05, 4.69) is 20.6 Å². The SMILES string of the molecule is COc1cc(/C=N\n2nnnc2N)cc(Cl)c1OCC#N. The summed E-state index contributed by atoms with van der Waals surface area (Å²) in [6.07, 6.45) is 1.45. The summed E-state index contributed by atoms with van der Waals surface area (Å²) in [5.41, 5.74) is 6.10. The number of nitrogens with zero attached hydrogens (tertiary/aromatic N) is 6. The van der Waals surface area contributed by atoms with E-state index >= 15 is 0 Å². The number of nitrogens with two attached hydrogens (primary N) is 1. The predicted molar refractivity (Wildman–Crippen MR) is 74.3 cm³/mol. The molecule has 0 bridgehead atoms. The summed E-state index contributed by atoms with van der Waals surface area (Å²) in [6, 6.07) is 5.10. The van der Waals surface area contributed by atoms with Crippen LogP contribution >= 0.6 is 11.6 Å². The summed E-state index contributed by atoms with van der Waals surface area (Å²) in [6.45, 7) is -0.134. The summed E-state index contributed by atoms with van der Waals surface area (Å²) >= 11 is 6.09. The highest BCUT2D eigenvalue weighted by Crippen LogP contribution is 2.35. The van der Waals surface area contributed by atoms with E-state index in [1.807, 2.05) is 6.07 Å². The third kappa shape index (κ3) is 3.37. The number of hydrogen-bond donors (Lipinski definition) is 1. The minimum atomic E-state index is -0.134. The van der Waals surface area contributed by atoms with Crippen molar-refractivity contribution in [3.8, 4) is 17.6 Å². The summed E-state index contributed by atoms with van der Waals surface area (Å²) in [5, 5.41) is 23.2. The zero-order valence-electron chi connectivity index (χ0n) is 10.9. The van der Waals surface area contributed by atoms with Gasteiger partial charge >= 0.3 is 0 Å². The molecule has 0 atom stereocenters. The first-order valence-corrected chi connectivity index (χ1v) is 5.99. The van der Waals surface area contributed by atoms with Crippen LogP contribution in [0.3, 0.4) is 0 Å². The highest BCUT2D eigenvalue weighted by atomic mass is 35.5. The highest BCUT2D eigenvalue weighted by Gasteiger charge is 2.11. The summed E-state index contributed by atoms with van der Waals surface area (Å²) in [4.78, 5) is 1.06. The van der Waals surface area contributed by atoms with Gasteiger partial charge in [0.25, 0.3) is 5.95 Å². The average molecular weight is 308 g/mol. The molecule has 21 heavy (non-hydrogen) atoms. The Bertz CT molecular complexity index is 707. The molecule has 0 fully saturated rings. The maximum absolute atomic E-state index is 8.54. The Morgan fingerprint density at radius 3 is 3.00 bits per heavy atom. The van der Waals surface area contributed by atoms with Gasteiger partial charge in [0.1, 0.15) is 6.07 Å². The third-order valence-corrected chi connectivity index (χ3v) is 2.61. The molecule has 0 aliphatic carbocycles. The standard InChI is InChI=1S/C11H10ClN7O2/c1-20-9-5-7(4-8(12)10(9)21-3-2-13)6-15-19-11(14)16-17-18-19/h4-6H,3H2,1H3,(H2,14,16,18)/b15-6-. The largest absolute Gasteiger partial charge is 0.493 e. The van der Waals surface area contributed by atoms with Gasteiger partial charge in [0.05, 0.1) is 18.3 Å². The molecule has 0 aliphatic heterocycles. The first kappa shape index (κ1) is 14.5. The van der Waals surface area contributed by atoms with Gasteiger partial charge in [-0.2, -0.15) is 10.4 Å². The maximum atomic E-state index is 8.54. The number of anilines is 1. The van der Waals surface area contributed by atoms with Crippen molar-refractivity contribution in [3.05, 3.63) is 22.7 Å². The van der Waals surface area contributed by atoms with Crippen LogP contribution < -0.4 is 15.2 Å². The van der Waals surface area contributed by atoms with Gasteiger partial charge in [-0.15, -0.1) is 0 Å². The van der Waals surface area contributed by atoms with Crippen molar-refractivity contribution < 1.29 is 9.47 Å². The molecule has 0 aliphatic rings. The fraction of sp³-hybridized carbons (Fsp3) is 0.182. The smallest absolute Gasteiger partial charge is 0.263 e. The Labute approximate surface area is 124 Å². The lowest BCUT2D eigenvalue weighted by Crippen LogP contribution is -2.01. The number of halogens is 1. The minimum Gasteiger partial charge on any atom is -0.493 e. The molecule has 1 heterocycles. The summed E-state index contributed by atoms with van der Waals surface area (Å²) in [7, 11) is 1.46. The van der Waals surface area contributed by atoms with E-state index in [1.54, 1.807) is 12.1 Å².